The van der Waals surface area contributed by atoms with Gasteiger partial charge < -0.3 is 14.4 Å². The summed E-state index contributed by atoms with van der Waals surface area (Å²) >= 11 is 0. The average molecular weight is 387 g/mol. The van der Waals surface area contributed by atoms with Gasteiger partial charge in [-0.1, -0.05) is 18.6 Å². The number of ether oxygens (including phenoxy) is 2. The van der Waals surface area contributed by atoms with Crippen molar-refractivity contribution in [3.63, 3.8) is 0 Å². The second-order valence-electron chi connectivity index (χ2n) is 8.57. The zero-order chi connectivity index (χ0) is 19.3. The first-order chi connectivity index (χ1) is 13.8. The fraction of sp³-hybridized carbons (Fsp3) is 0.696. The van der Waals surface area contributed by atoms with Crippen LogP contribution < -0.4 is 4.74 Å². The lowest BCUT2D eigenvalue weighted by atomic mass is 9.93. The fourth-order valence-electron chi connectivity index (χ4n) is 4.75. The van der Waals surface area contributed by atoms with E-state index >= 15 is 0 Å². The van der Waals surface area contributed by atoms with Crippen molar-refractivity contribution in [2.45, 2.75) is 57.1 Å². The van der Waals surface area contributed by atoms with Crippen LogP contribution in [0.3, 0.4) is 0 Å². The predicted octanol–water partition coefficient (Wildman–Crippen LogP) is 3.58. The van der Waals surface area contributed by atoms with Crippen LogP contribution in [-0.2, 0) is 4.74 Å². The van der Waals surface area contributed by atoms with Crippen LogP contribution in [0.5, 0.6) is 5.75 Å². The summed E-state index contributed by atoms with van der Waals surface area (Å²) in [5, 5.41) is 0. The Labute approximate surface area is 169 Å². The molecular weight excluding hydrogens is 352 g/mol. The quantitative estimate of drug-likeness (QED) is 0.796. The van der Waals surface area contributed by atoms with Gasteiger partial charge in [0.25, 0.3) is 5.91 Å². The minimum absolute atomic E-state index is 0.0939. The van der Waals surface area contributed by atoms with Gasteiger partial charge in [0.05, 0.1) is 17.7 Å². The molecule has 1 aromatic rings. The SMILES string of the molecule is CO[C@H]1CCCN2C(=O)c3ccccc3OCCN(CC3CC3)CCCC[C@@H]12. The van der Waals surface area contributed by atoms with Crippen molar-refractivity contribution in [1.82, 2.24) is 9.80 Å². The molecule has 2 heterocycles. The molecule has 1 amide bonds. The summed E-state index contributed by atoms with van der Waals surface area (Å²) in [5.41, 5.74) is 0.692. The molecule has 5 heteroatoms. The van der Waals surface area contributed by atoms with E-state index in [1.807, 2.05) is 24.3 Å². The minimum atomic E-state index is 0.0939. The number of para-hydroxylation sites is 1. The van der Waals surface area contributed by atoms with Crippen LogP contribution in [0.25, 0.3) is 0 Å². The highest BCUT2D eigenvalue weighted by Crippen LogP contribution is 2.31. The topological polar surface area (TPSA) is 42.0 Å². The molecule has 0 spiro atoms. The first-order valence-electron chi connectivity index (χ1n) is 11.0. The predicted molar refractivity (Wildman–Crippen MR) is 110 cm³/mol. The molecule has 0 unspecified atom stereocenters. The molecule has 154 valence electrons. The Bertz CT molecular complexity index is 661. The molecule has 0 radical (unpaired) electrons. The number of hydrogen-bond acceptors (Lipinski definition) is 4. The van der Waals surface area contributed by atoms with Crippen LogP contribution in [-0.4, -0.2) is 67.7 Å². The monoisotopic (exact) mass is 386 g/mol. The molecular formula is C23H34N2O3. The number of nitrogens with zero attached hydrogens (tertiary/aromatic N) is 2. The number of hydrogen-bond donors (Lipinski definition) is 0. The van der Waals surface area contributed by atoms with E-state index in [9.17, 15) is 4.79 Å². The molecule has 1 aliphatic carbocycles. The summed E-state index contributed by atoms with van der Waals surface area (Å²) in [6.45, 7) is 4.71. The second-order valence-corrected chi connectivity index (χ2v) is 8.57. The third-order valence-electron chi connectivity index (χ3n) is 6.50. The van der Waals surface area contributed by atoms with Crippen molar-refractivity contribution in [3.05, 3.63) is 29.8 Å². The third kappa shape index (κ3) is 4.69. The van der Waals surface area contributed by atoms with Crippen molar-refractivity contribution in [2.75, 3.05) is 39.9 Å². The highest BCUT2D eigenvalue weighted by Gasteiger charge is 2.35. The Hall–Kier alpha value is -1.59. The van der Waals surface area contributed by atoms with Gasteiger partial charge in [0, 0.05) is 26.7 Å². The molecule has 1 saturated carbocycles. The van der Waals surface area contributed by atoms with Gasteiger partial charge in [-0.3, -0.25) is 9.69 Å². The number of fused-ring (bicyclic) bond motifs is 2. The molecule has 1 saturated heterocycles. The van der Waals surface area contributed by atoms with E-state index in [-0.39, 0.29) is 18.1 Å². The van der Waals surface area contributed by atoms with Crippen LogP contribution >= 0.6 is 0 Å². The molecule has 2 fully saturated rings. The molecule has 1 aromatic carbocycles. The number of piperidine rings is 1. The molecule has 5 nitrogen and oxygen atoms in total. The van der Waals surface area contributed by atoms with Crippen molar-refractivity contribution in [2.24, 2.45) is 5.92 Å². The average Bonchev–Trinajstić information content (AvgIpc) is 3.54. The van der Waals surface area contributed by atoms with Crippen molar-refractivity contribution < 1.29 is 14.3 Å². The van der Waals surface area contributed by atoms with Gasteiger partial charge in [-0.15, -0.1) is 0 Å². The number of methoxy groups -OCH3 is 1. The highest BCUT2D eigenvalue weighted by molar-refractivity contribution is 5.97. The van der Waals surface area contributed by atoms with Gasteiger partial charge in [0.1, 0.15) is 12.4 Å². The van der Waals surface area contributed by atoms with Gasteiger partial charge in [0.15, 0.2) is 0 Å². The molecule has 4 rings (SSSR count). The summed E-state index contributed by atoms with van der Waals surface area (Å²) < 4.78 is 11.9. The van der Waals surface area contributed by atoms with Crippen LogP contribution in [0.1, 0.15) is 55.3 Å². The lowest BCUT2D eigenvalue weighted by Crippen LogP contribution is -2.51. The molecule has 2 aliphatic heterocycles. The number of benzene rings is 1. The molecule has 2 atom stereocenters. The standard InChI is InChI=1S/C23H34N2O3/c1-27-22-10-6-14-25-20(22)8-4-5-13-24(17-18-11-12-18)15-16-28-21-9-3-2-7-19(21)23(25)26/h2-3,7,9,18,20,22H,4-6,8,10-17H2,1H3/t20-,22-/m0/s1. The van der Waals surface area contributed by atoms with Crippen molar-refractivity contribution in [1.29, 1.82) is 0 Å². The highest BCUT2D eigenvalue weighted by atomic mass is 16.5. The van der Waals surface area contributed by atoms with E-state index < -0.39 is 0 Å². The smallest absolute Gasteiger partial charge is 0.257 e. The Balaban J connectivity index is 1.56. The van der Waals surface area contributed by atoms with E-state index in [0.29, 0.717) is 12.2 Å². The van der Waals surface area contributed by atoms with Crippen LogP contribution in [0, 0.1) is 5.92 Å². The number of carbonyl (C=O) groups excluding carboxylic acids is 1. The molecule has 28 heavy (non-hydrogen) atoms. The van der Waals surface area contributed by atoms with Crippen LogP contribution in [0.15, 0.2) is 24.3 Å². The minimum Gasteiger partial charge on any atom is -0.491 e. The fourth-order valence-corrected chi connectivity index (χ4v) is 4.75. The Kier molecular flexibility index (Phi) is 6.53. The van der Waals surface area contributed by atoms with Crippen molar-refractivity contribution in [3.8, 4) is 5.75 Å². The Morgan fingerprint density at radius 1 is 1.04 bits per heavy atom. The second kappa shape index (κ2) is 9.27. The van der Waals surface area contributed by atoms with E-state index in [1.165, 1.54) is 25.8 Å². The zero-order valence-electron chi connectivity index (χ0n) is 17.1. The van der Waals surface area contributed by atoms with E-state index in [0.717, 1.165) is 57.0 Å². The lowest BCUT2D eigenvalue weighted by Gasteiger charge is -2.41. The van der Waals surface area contributed by atoms with Gasteiger partial charge in [0.2, 0.25) is 0 Å². The normalized spacial score (nSPS) is 27.6. The van der Waals surface area contributed by atoms with Gasteiger partial charge in [-0.25, -0.2) is 0 Å². The Morgan fingerprint density at radius 2 is 1.89 bits per heavy atom. The largest absolute Gasteiger partial charge is 0.491 e. The summed E-state index contributed by atoms with van der Waals surface area (Å²) in [6, 6.07) is 7.90. The summed E-state index contributed by atoms with van der Waals surface area (Å²) in [6.07, 6.45) is 8.26. The van der Waals surface area contributed by atoms with Gasteiger partial charge in [-0.2, -0.15) is 0 Å². The summed E-state index contributed by atoms with van der Waals surface area (Å²) in [4.78, 5) is 18.0. The maximum absolute atomic E-state index is 13.4. The van der Waals surface area contributed by atoms with Crippen LogP contribution in [0.4, 0.5) is 0 Å². The number of rotatable bonds is 3. The van der Waals surface area contributed by atoms with E-state index in [2.05, 4.69) is 9.80 Å². The van der Waals surface area contributed by atoms with Crippen LogP contribution in [0.2, 0.25) is 0 Å². The van der Waals surface area contributed by atoms with Gasteiger partial charge >= 0.3 is 0 Å². The number of amides is 1. The molecule has 0 aromatic heterocycles. The van der Waals surface area contributed by atoms with Crippen molar-refractivity contribution >= 4 is 5.91 Å². The maximum atomic E-state index is 13.4. The third-order valence-corrected chi connectivity index (χ3v) is 6.50. The van der Waals surface area contributed by atoms with E-state index in [1.54, 1.807) is 7.11 Å². The Morgan fingerprint density at radius 3 is 2.71 bits per heavy atom. The summed E-state index contributed by atoms with van der Waals surface area (Å²) in [5.74, 6) is 1.70. The lowest BCUT2D eigenvalue weighted by molar-refractivity contribution is -0.0155. The number of carbonyl (C=O) groups is 1. The molecule has 0 bridgehead atoms. The molecule has 0 N–H and O–H groups in total. The zero-order valence-corrected chi connectivity index (χ0v) is 17.1. The molecule has 3 aliphatic rings. The first-order valence-corrected chi connectivity index (χ1v) is 11.0. The maximum Gasteiger partial charge on any atom is 0.257 e. The van der Waals surface area contributed by atoms with E-state index in [4.69, 9.17) is 9.47 Å². The summed E-state index contributed by atoms with van der Waals surface area (Å²) in [7, 11) is 1.79. The van der Waals surface area contributed by atoms with Gasteiger partial charge in [-0.05, 0) is 63.1 Å². The first kappa shape index (κ1) is 19.7.